The standard InChI is InChI=1S/C17H28N4O2S.HI/c1-17(2)14-21(12-13-24(17,22)23)16(18-3)20-11-7-10-19-15-8-5-4-6-9-15;/h4-6,8-9,19H,7,10-14H2,1-3H3,(H,18,20);1H. The number of hydrogen-bond acceptors (Lipinski definition) is 4. The van der Waals surface area contributed by atoms with Gasteiger partial charge in [-0.25, -0.2) is 8.42 Å². The lowest BCUT2D eigenvalue weighted by Crippen LogP contribution is -2.57. The minimum Gasteiger partial charge on any atom is -0.385 e. The molecule has 0 unspecified atom stereocenters. The monoisotopic (exact) mass is 480 g/mol. The first kappa shape index (κ1) is 22.0. The Hall–Kier alpha value is -1.03. The lowest BCUT2D eigenvalue weighted by atomic mass is 10.2. The molecule has 1 heterocycles. The first-order chi connectivity index (χ1) is 11.4. The van der Waals surface area contributed by atoms with E-state index >= 15 is 0 Å². The molecule has 6 nitrogen and oxygen atoms in total. The van der Waals surface area contributed by atoms with Gasteiger partial charge in [0, 0.05) is 38.9 Å². The van der Waals surface area contributed by atoms with Crippen molar-refractivity contribution < 1.29 is 8.42 Å². The summed E-state index contributed by atoms with van der Waals surface area (Å²) in [6, 6.07) is 10.1. The predicted octanol–water partition coefficient (Wildman–Crippen LogP) is 2.19. The van der Waals surface area contributed by atoms with Crippen LogP contribution in [0, 0.1) is 0 Å². The molecule has 1 saturated heterocycles. The molecule has 142 valence electrons. The number of aliphatic imine (C=N–C) groups is 1. The molecule has 0 spiro atoms. The molecule has 0 amide bonds. The average Bonchev–Trinajstić information content (AvgIpc) is 2.55. The molecule has 1 aromatic rings. The predicted molar refractivity (Wildman–Crippen MR) is 116 cm³/mol. The topological polar surface area (TPSA) is 73.8 Å². The molecular formula is C17H29IN4O2S. The van der Waals surface area contributed by atoms with Gasteiger partial charge in [-0.1, -0.05) is 18.2 Å². The van der Waals surface area contributed by atoms with Crippen molar-refractivity contribution in [2.45, 2.75) is 25.0 Å². The van der Waals surface area contributed by atoms with Gasteiger partial charge in [0.15, 0.2) is 15.8 Å². The molecule has 8 heteroatoms. The summed E-state index contributed by atoms with van der Waals surface area (Å²) >= 11 is 0. The van der Waals surface area contributed by atoms with Crippen LogP contribution in [0.5, 0.6) is 0 Å². The number of halogens is 1. The molecule has 1 fully saturated rings. The average molecular weight is 480 g/mol. The van der Waals surface area contributed by atoms with E-state index in [4.69, 9.17) is 0 Å². The van der Waals surface area contributed by atoms with E-state index in [0.29, 0.717) is 13.1 Å². The van der Waals surface area contributed by atoms with Crippen LogP contribution in [0.2, 0.25) is 0 Å². The van der Waals surface area contributed by atoms with E-state index < -0.39 is 14.6 Å². The van der Waals surface area contributed by atoms with Crippen molar-refractivity contribution in [2.24, 2.45) is 4.99 Å². The number of nitrogens with zero attached hydrogens (tertiary/aromatic N) is 2. The summed E-state index contributed by atoms with van der Waals surface area (Å²) < 4.78 is 23.5. The highest BCUT2D eigenvalue weighted by Gasteiger charge is 2.40. The fraction of sp³-hybridized carbons (Fsp3) is 0.588. The van der Waals surface area contributed by atoms with Crippen LogP contribution in [0.4, 0.5) is 5.69 Å². The van der Waals surface area contributed by atoms with Crippen LogP contribution in [0.25, 0.3) is 0 Å². The van der Waals surface area contributed by atoms with E-state index in [1.165, 1.54) is 0 Å². The smallest absolute Gasteiger partial charge is 0.193 e. The van der Waals surface area contributed by atoms with Crippen LogP contribution < -0.4 is 10.6 Å². The fourth-order valence-corrected chi connectivity index (χ4v) is 4.10. The van der Waals surface area contributed by atoms with Crippen LogP contribution in [-0.4, -0.2) is 63.0 Å². The highest BCUT2D eigenvalue weighted by Crippen LogP contribution is 2.23. The lowest BCUT2D eigenvalue weighted by Gasteiger charge is -2.39. The van der Waals surface area contributed by atoms with Crippen LogP contribution in [0.15, 0.2) is 35.3 Å². The van der Waals surface area contributed by atoms with Crippen LogP contribution >= 0.6 is 24.0 Å². The van der Waals surface area contributed by atoms with E-state index in [9.17, 15) is 8.42 Å². The van der Waals surface area contributed by atoms with Crippen LogP contribution in [0.3, 0.4) is 0 Å². The zero-order valence-electron chi connectivity index (χ0n) is 15.2. The summed E-state index contributed by atoms with van der Waals surface area (Å²) in [5.41, 5.74) is 1.12. The number of guanidine groups is 1. The quantitative estimate of drug-likeness (QED) is 0.293. The lowest BCUT2D eigenvalue weighted by molar-refractivity contribution is 0.353. The van der Waals surface area contributed by atoms with Gasteiger partial charge in [0.1, 0.15) is 0 Å². The molecule has 0 saturated carbocycles. The second-order valence-electron chi connectivity index (χ2n) is 6.62. The normalized spacial score (nSPS) is 19.0. The van der Waals surface area contributed by atoms with E-state index in [2.05, 4.69) is 15.6 Å². The molecule has 0 radical (unpaired) electrons. The van der Waals surface area contributed by atoms with E-state index in [-0.39, 0.29) is 29.7 Å². The second-order valence-corrected chi connectivity index (χ2v) is 9.36. The maximum absolute atomic E-state index is 12.1. The number of hydrogen-bond donors (Lipinski definition) is 2. The Kier molecular flexibility index (Phi) is 8.46. The third-order valence-electron chi connectivity index (χ3n) is 4.29. The number of sulfone groups is 1. The molecule has 2 N–H and O–H groups in total. The van der Waals surface area contributed by atoms with Gasteiger partial charge in [-0.15, -0.1) is 24.0 Å². The number of benzene rings is 1. The van der Waals surface area contributed by atoms with Crippen molar-refractivity contribution in [3.8, 4) is 0 Å². The Labute approximate surface area is 168 Å². The highest BCUT2D eigenvalue weighted by atomic mass is 127. The summed E-state index contributed by atoms with van der Waals surface area (Å²) in [7, 11) is -1.29. The summed E-state index contributed by atoms with van der Waals surface area (Å²) in [6.45, 7) is 6.19. The molecule has 2 rings (SSSR count). The zero-order valence-corrected chi connectivity index (χ0v) is 18.3. The molecule has 1 aromatic carbocycles. The van der Waals surface area contributed by atoms with E-state index in [1.807, 2.05) is 35.2 Å². The third-order valence-corrected chi connectivity index (χ3v) is 6.83. The van der Waals surface area contributed by atoms with Gasteiger partial charge < -0.3 is 15.5 Å². The zero-order chi connectivity index (χ0) is 17.6. The minimum absolute atomic E-state index is 0. The Balaban J connectivity index is 0.00000312. The van der Waals surface area contributed by atoms with Crippen molar-refractivity contribution in [3.63, 3.8) is 0 Å². The first-order valence-electron chi connectivity index (χ1n) is 8.32. The Morgan fingerprint density at radius 1 is 1.24 bits per heavy atom. The first-order valence-corrected chi connectivity index (χ1v) is 9.98. The van der Waals surface area contributed by atoms with Crippen molar-refractivity contribution in [3.05, 3.63) is 30.3 Å². The molecule has 1 aliphatic rings. The maximum atomic E-state index is 12.1. The Bertz CT molecular complexity index is 662. The Morgan fingerprint density at radius 3 is 2.52 bits per heavy atom. The minimum atomic E-state index is -3.03. The van der Waals surface area contributed by atoms with Gasteiger partial charge in [0.2, 0.25) is 0 Å². The maximum Gasteiger partial charge on any atom is 0.193 e. The van der Waals surface area contributed by atoms with Crippen molar-refractivity contribution in [1.82, 2.24) is 10.2 Å². The molecule has 1 aliphatic heterocycles. The number of para-hydroxylation sites is 1. The fourth-order valence-electron chi connectivity index (χ4n) is 2.73. The van der Waals surface area contributed by atoms with Crippen molar-refractivity contribution >= 4 is 45.5 Å². The molecule has 0 bridgehead atoms. The van der Waals surface area contributed by atoms with Gasteiger partial charge in [0.25, 0.3) is 0 Å². The summed E-state index contributed by atoms with van der Waals surface area (Å²) in [6.07, 6.45) is 0.948. The summed E-state index contributed by atoms with van der Waals surface area (Å²) in [4.78, 5) is 6.33. The van der Waals surface area contributed by atoms with Gasteiger partial charge in [0.05, 0.1) is 10.5 Å². The molecule has 0 aliphatic carbocycles. The molecular weight excluding hydrogens is 451 g/mol. The molecule has 25 heavy (non-hydrogen) atoms. The largest absolute Gasteiger partial charge is 0.385 e. The molecule has 0 aromatic heterocycles. The van der Waals surface area contributed by atoms with Gasteiger partial charge in [-0.05, 0) is 32.4 Å². The highest BCUT2D eigenvalue weighted by molar-refractivity contribution is 14.0. The van der Waals surface area contributed by atoms with Gasteiger partial charge in [-0.2, -0.15) is 0 Å². The van der Waals surface area contributed by atoms with Crippen LogP contribution in [-0.2, 0) is 9.84 Å². The third kappa shape index (κ3) is 6.02. The summed E-state index contributed by atoms with van der Waals surface area (Å²) in [5, 5.41) is 6.70. The number of nitrogens with one attached hydrogen (secondary N) is 2. The van der Waals surface area contributed by atoms with Crippen LogP contribution in [0.1, 0.15) is 20.3 Å². The van der Waals surface area contributed by atoms with E-state index in [0.717, 1.165) is 31.2 Å². The van der Waals surface area contributed by atoms with Gasteiger partial charge >= 0.3 is 0 Å². The SMILES string of the molecule is CN=C(NCCCNc1ccccc1)N1CCS(=O)(=O)C(C)(C)C1.I. The van der Waals surface area contributed by atoms with Crippen molar-refractivity contribution in [1.29, 1.82) is 0 Å². The van der Waals surface area contributed by atoms with Crippen molar-refractivity contribution in [2.75, 3.05) is 44.3 Å². The Morgan fingerprint density at radius 2 is 1.92 bits per heavy atom. The molecule has 0 atom stereocenters. The second kappa shape index (κ2) is 9.61. The number of anilines is 1. The summed E-state index contributed by atoms with van der Waals surface area (Å²) in [5.74, 6) is 0.952. The van der Waals surface area contributed by atoms with Gasteiger partial charge in [-0.3, -0.25) is 4.99 Å². The number of rotatable bonds is 5. The van der Waals surface area contributed by atoms with E-state index in [1.54, 1.807) is 20.9 Å².